The molecule has 3 rings (SSSR count). The van der Waals surface area contributed by atoms with Gasteiger partial charge in [-0.15, -0.1) is 0 Å². The van der Waals surface area contributed by atoms with Gasteiger partial charge < -0.3 is 10.6 Å². The summed E-state index contributed by atoms with van der Waals surface area (Å²) in [5.74, 6) is -0.0206. The van der Waals surface area contributed by atoms with Crippen LogP contribution in [0.3, 0.4) is 0 Å². The van der Waals surface area contributed by atoms with Crippen LogP contribution in [-0.4, -0.2) is 55.1 Å². The second-order valence-corrected chi connectivity index (χ2v) is 5.64. The molecule has 5 nitrogen and oxygen atoms in total. The Morgan fingerprint density at radius 2 is 1.91 bits per heavy atom. The van der Waals surface area contributed by atoms with Crippen molar-refractivity contribution >= 4 is 5.91 Å². The van der Waals surface area contributed by atoms with Crippen molar-refractivity contribution in [3.05, 3.63) is 54.2 Å². The molecule has 0 spiro atoms. The minimum atomic E-state index is -0.0206. The Balaban J connectivity index is 1.51. The van der Waals surface area contributed by atoms with Crippen LogP contribution < -0.4 is 10.6 Å². The Labute approximate surface area is 136 Å². The van der Waals surface area contributed by atoms with Gasteiger partial charge in [-0.25, -0.2) is 0 Å². The number of piperazine rings is 1. The van der Waals surface area contributed by atoms with Crippen LogP contribution in [-0.2, 0) is 0 Å². The van der Waals surface area contributed by atoms with Gasteiger partial charge in [0.15, 0.2) is 0 Å². The second kappa shape index (κ2) is 7.85. The fourth-order valence-corrected chi connectivity index (χ4v) is 2.69. The van der Waals surface area contributed by atoms with E-state index in [4.69, 9.17) is 0 Å². The van der Waals surface area contributed by atoms with Crippen LogP contribution >= 0.6 is 0 Å². The molecule has 0 radical (unpaired) electrons. The normalized spacial score (nSPS) is 15.3. The molecule has 5 heteroatoms. The molecule has 0 bridgehead atoms. The number of carbonyl (C=O) groups excluding carboxylic acids is 1. The lowest BCUT2D eigenvalue weighted by molar-refractivity contribution is 0.0947. The van der Waals surface area contributed by atoms with Crippen molar-refractivity contribution in [2.45, 2.75) is 0 Å². The fourth-order valence-electron chi connectivity index (χ4n) is 2.69. The van der Waals surface area contributed by atoms with Crippen LogP contribution in [0.4, 0.5) is 0 Å². The number of nitrogens with one attached hydrogen (secondary N) is 2. The molecule has 1 aliphatic heterocycles. The first kappa shape index (κ1) is 15.6. The molecule has 120 valence electrons. The Morgan fingerprint density at radius 1 is 1.13 bits per heavy atom. The average molecular weight is 310 g/mol. The molecule has 23 heavy (non-hydrogen) atoms. The molecule has 1 aromatic carbocycles. The van der Waals surface area contributed by atoms with Gasteiger partial charge in [-0.1, -0.05) is 18.2 Å². The van der Waals surface area contributed by atoms with Crippen molar-refractivity contribution in [3.8, 4) is 11.3 Å². The van der Waals surface area contributed by atoms with Gasteiger partial charge >= 0.3 is 0 Å². The lowest BCUT2D eigenvalue weighted by atomic mass is 10.1. The Bertz CT molecular complexity index is 621. The van der Waals surface area contributed by atoms with E-state index in [9.17, 15) is 4.79 Å². The number of aromatic nitrogens is 1. The number of pyridine rings is 1. The summed E-state index contributed by atoms with van der Waals surface area (Å²) in [5.41, 5.74) is 2.62. The van der Waals surface area contributed by atoms with Crippen LogP contribution in [0.2, 0.25) is 0 Å². The van der Waals surface area contributed by atoms with Gasteiger partial charge in [0.05, 0.1) is 5.69 Å². The Hall–Kier alpha value is -2.24. The van der Waals surface area contributed by atoms with Crippen LogP contribution in [0.25, 0.3) is 11.3 Å². The molecule has 1 aromatic heterocycles. The molecule has 2 N–H and O–H groups in total. The topological polar surface area (TPSA) is 57.3 Å². The third-order valence-electron chi connectivity index (χ3n) is 4.03. The summed E-state index contributed by atoms with van der Waals surface area (Å²) in [7, 11) is 0. The van der Waals surface area contributed by atoms with E-state index < -0.39 is 0 Å². The van der Waals surface area contributed by atoms with Crippen LogP contribution in [0.5, 0.6) is 0 Å². The first-order valence-corrected chi connectivity index (χ1v) is 8.06. The molecular weight excluding hydrogens is 288 g/mol. The van der Waals surface area contributed by atoms with Crippen molar-refractivity contribution in [1.29, 1.82) is 0 Å². The molecule has 0 atom stereocenters. The highest BCUT2D eigenvalue weighted by molar-refractivity contribution is 5.94. The standard InChI is InChI=1S/C18H22N4O/c23-18(21-11-14-22-12-9-19-10-13-22)16-6-4-15(5-7-16)17-3-1-2-8-20-17/h1-8,19H,9-14H2,(H,21,23). The number of rotatable bonds is 5. The summed E-state index contributed by atoms with van der Waals surface area (Å²) in [6, 6.07) is 13.4. The van der Waals surface area contributed by atoms with Crippen molar-refractivity contribution in [1.82, 2.24) is 20.5 Å². The average Bonchev–Trinajstić information content (AvgIpc) is 2.63. The lowest BCUT2D eigenvalue weighted by Gasteiger charge is -2.27. The largest absolute Gasteiger partial charge is 0.351 e. The minimum Gasteiger partial charge on any atom is -0.351 e. The number of hydrogen-bond acceptors (Lipinski definition) is 4. The van der Waals surface area contributed by atoms with Crippen molar-refractivity contribution in [2.24, 2.45) is 0 Å². The fraction of sp³-hybridized carbons (Fsp3) is 0.333. The monoisotopic (exact) mass is 310 g/mol. The minimum absolute atomic E-state index is 0.0206. The van der Waals surface area contributed by atoms with Crippen molar-refractivity contribution in [2.75, 3.05) is 39.3 Å². The van der Waals surface area contributed by atoms with E-state index >= 15 is 0 Å². The number of amides is 1. The van der Waals surface area contributed by atoms with E-state index in [0.29, 0.717) is 12.1 Å². The number of nitrogens with zero attached hydrogens (tertiary/aromatic N) is 2. The van der Waals surface area contributed by atoms with E-state index in [1.807, 2.05) is 42.5 Å². The van der Waals surface area contributed by atoms with E-state index in [0.717, 1.165) is 44.0 Å². The predicted octanol–water partition coefficient (Wildman–Crippen LogP) is 1.38. The van der Waals surface area contributed by atoms with Gasteiger partial charge in [-0.05, 0) is 24.3 Å². The summed E-state index contributed by atoms with van der Waals surface area (Å²) in [4.78, 5) is 18.9. The summed E-state index contributed by atoms with van der Waals surface area (Å²) in [5, 5.41) is 6.31. The smallest absolute Gasteiger partial charge is 0.251 e. The molecule has 0 saturated carbocycles. The summed E-state index contributed by atoms with van der Waals surface area (Å²) < 4.78 is 0. The third kappa shape index (κ3) is 4.37. The van der Waals surface area contributed by atoms with Gasteiger partial charge in [-0.2, -0.15) is 0 Å². The molecule has 1 aliphatic rings. The van der Waals surface area contributed by atoms with Crippen LogP contribution in [0, 0.1) is 0 Å². The van der Waals surface area contributed by atoms with E-state index in [-0.39, 0.29) is 5.91 Å². The highest BCUT2D eigenvalue weighted by Crippen LogP contribution is 2.16. The SMILES string of the molecule is O=C(NCCN1CCNCC1)c1ccc(-c2ccccn2)cc1. The first-order valence-electron chi connectivity index (χ1n) is 8.06. The van der Waals surface area contributed by atoms with Crippen LogP contribution in [0.1, 0.15) is 10.4 Å². The molecule has 2 heterocycles. The number of hydrogen-bond donors (Lipinski definition) is 2. The number of carbonyl (C=O) groups is 1. The highest BCUT2D eigenvalue weighted by Gasteiger charge is 2.10. The molecule has 0 unspecified atom stereocenters. The zero-order valence-corrected chi connectivity index (χ0v) is 13.2. The van der Waals surface area contributed by atoms with Crippen molar-refractivity contribution < 1.29 is 4.79 Å². The quantitative estimate of drug-likeness (QED) is 0.876. The molecule has 1 fully saturated rings. The van der Waals surface area contributed by atoms with Gasteiger partial charge in [0.25, 0.3) is 5.91 Å². The van der Waals surface area contributed by atoms with Gasteiger partial charge in [-0.3, -0.25) is 14.7 Å². The second-order valence-electron chi connectivity index (χ2n) is 5.64. The predicted molar refractivity (Wildman–Crippen MR) is 91.3 cm³/mol. The summed E-state index contributed by atoms with van der Waals surface area (Å²) >= 11 is 0. The zero-order chi connectivity index (χ0) is 15.9. The Morgan fingerprint density at radius 3 is 2.61 bits per heavy atom. The van der Waals surface area contributed by atoms with E-state index in [2.05, 4.69) is 20.5 Å². The maximum atomic E-state index is 12.2. The van der Waals surface area contributed by atoms with E-state index in [1.165, 1.54) is 0 Å². The summed E-state index contributed by atoms with van der Waals surface area (Å²) in [6.45, 7) is 5.75. The lowest BCUT2D eigenvalue weighted by Crippen LogP contribution is -2.46. The number of benzene rings is 1. The molecular formula is C18H22N4O. The molecule has 1 saturated heterocycles. The zero-order valence-electron chi connectivity index (χ0n) is 13.2. The van der Waals surface area contributed by atoms with Crippen molar-refractivity contribution in [3.63, 3.8) is 0 Å². The third-order valence-corrected chi connectivity index (χ3v) is 4.03. The van der Waals surface area contributed by atoms with Gasteiger partial charge in [0.2, 0.25) is 0 Å². The first-order chi connectivity index (χ1) is 11.3. The Kier molecular flexibility index (Phi) is 5.34. The van der Waals surface area contributed by atoms with Crippen LogP contribution in [0.15, 0.2) is 48.7 Å². The molecule has 2 aromatic rings. The van der Waals surface area contributed by atoms with E-state index in [1.54, 1.807) is 6.20 Å². The maximum absolute atomic E-state index is 12.2. The molecule has 1 amide bonds. The maximum Gasteiger partial charge on any atom is 0.251 e. The summed E-state index contributed by atoms with van der Waals surface area (Å²) in [6.07, 6.45) is 1.77. The van der Waals surface area contributed by atoms with Gasteiger partial charge in [0, 0.05) is 56.6 Å². The molecule has 0 aliphatic carbocycles. The van der Waals surface area contributed by atoms with Gasteiger partial charge in [0.1, 0.15) is 0 Å². The highest BCUT2D eigenvalue weighted by atomic mass is 16.1.